The Kier molecular flexibility index (Phi) is 6.81. The van der Waals surface area contributed by atoms with Gasteiger partial charge in [-0.2, -0.15) is 0 Å². The van der Waals surface area contributed by atoms with Crippen LogP contribution in [-0.2, 0) is 9.53 Å². The summed E-state index contributed by atoms with van der Waals surface area (Å²) in [5, 5.41) is 2.82. The lowest BCUT2D eigenvalue weighted by molar-refractivity contribution is -0.124. The minimum absolute atomic E-state index is 0.0160. The van der Waals surface area contributed by atoms with Gasteiger partial charge in [0.2, 0.25) is 5.91 Å². The number of rotatable bonds is 6. The Morgan fingerprint density at radius 2 is 2.12 bits per heavy atom. The van der Waals surface area contributed by atoms with Crippen molar-refractivity contribution in [3.8, 4) is 0 Å². The van der Waals surface area contributed by atoms with Gasteiger partial charge in [-0.15, -0.1) is 11.6 Å². The third kappa shape index (κ3) is 5.17. The van der Waals surface area contributed by atoms with Crippen molar-refractivity contribution in [3.05, 3.63) is 0 Å². The number of nitrogens with one attached hydrogen (secondary N) is 1. The lowest BCUT2D eigenvalue weighted by Crippen LogP contribution is -2.33. The first-order valence-electron chi connectivity index (χ1n) is 6.19. The first kappa shape index (κ1) is 13.8. The number of carbonyl (C=O) groups is 1. The van der Waals surface area contributed by atoms with Gasteiger partial charge in [0, 0.05) is 18.3 Å². The van der Waals surface area contributed by atoms with E-state index in [2.05, 4.69) is 5.32 Å². The van der Waals surface area contributed by atoms with Crippen LogP contribution >= 0.6 is 11.6 Å². The van der Waals surface area contributed by atoms with Crippen LogP contribution in [0.1, 0.15) is 39.0 Å². The number of amides is 1. The smallest absolute Gasteiger partial charge is 0.224 e. The minimum Gasteiger partial charge on any atom is -0.376 e. The van der Waals surface area contributed by atoms with Gasteiger partial charge in [-0.3, -0.25) is 4.79 Å². The van der Waals surface area contributed by atoms with E-state index >= 15 is 0 Å². The maximum absolute atomic E-state index is 11.4. The quantitative estimate of drug-likeness (QED) is 0.578. The largest absolute Gasteiger partial charge is 0.376 e. The van der Waals surface area contributed by atoms with Crippen LogP contribution in [0, 0.1) is 5.92 Å². The zero-order valence-electron chi connectivity index (χ0n) is 10.0. The van der Waals surface area contributed by atoms with Gasteiger partial charge < -0.3 is 10.1 Å². The molecule has 1 amide bonds. The number of hydrogen-bond acceptors (Lipinski definition) is 2. The molecule has 0 bridgehead atoms. The first-order chi connectivity index (χ1) is 7.74. The highest BCUT2D eigenvalue weighted by molar-refractivity contribution is 6.19. The van der Waals surface area contributed by atoms with Gasteiger partial charge in [0.25, 0.3) is 0 Å². The molecule has 0 aliphatic heterocycles. The number of hydrogen-bond donors (Lipinski definition) is 1. The minimum atomic E-state index is -0.114. The summed E-state index contributed by atoms with van der Waals surface area (Å²) in [7, 11) is 0. The van der Waals surface area contributed by atoms with Crippen molar-refractivity contribution in [2.75, 3.05) is 19.0 Å². The Morgan fingerprint density at radius 3 is 2.75 bits per heavy atom. The molecule has 4 heteroatoms. The van der Waals surface area contributed by atoms with Crippen molar-refractivity contribution in [2.45, 2.75) is 45.1 Å². The van der Waals surface area contributed by atoms with E-state index in [1.807, 2.05) is 6.92 Å². The fourth-order valence-electron chi connectivity index (χ4n) is 1.88. The summed E-state index contributed by atoms with van der Waals surface area (Å²) < 4.78 is 5.70. The molecule has 0 aromatic heterocycles. The number of carbonyl (C=O) groups excluding carboxylic acids is 1. The lowest BCUT2D eigenvalue weighted by Gasteiger charge is -2.22. The average Bonchev–Trinajstić information content (AvgIpc) is 2.34. The molecule has 0 saturated heterocycles. The molecule has 94 valence electrons. The maximum atomic E-state index is 11.4. The van der Waals surface area contributed by atoms with E-state index in [0.29, 0.717) is 25.1 Å². The molecule has 1 aliphatic rings. The van der Waals surface area contributed by atoms with E-state index in [0.717, 1.165) is 0 Å². The van der Waals surface area contributed by atoms with E-state index in [1.54, 1.807) is 0 Å². The molecule has 1 N–H and O–H groups in total. The van der Waals surface area contributed by atoms with Crippen LogP contribution in [0.15, 0.2) is 0 Å². The molecule has 1 rings (SSSR count). The molecule has 0 radical (unpaired) electrons. The van der Waals surface area contributed by atoms with E-state index < -0.39 is 0 Å². The van der Waals surface area contributed by atoms with Crippen molar-refractivity contribution in [1.82, 2.24) is 5.32 Å². The Labute approximate surface area is 103 Å². The van der Waals surface area contributed by atoms with Crippen LogP contribution in [0.4, 0.5) is 0 Å². The lowest BCUT2D eigenvalue weighted by atomic mass is 9.98. The summed E-state index contributed by atoms with van der Waals surface area (Å²) >= 11 is 5.59. The molecular weight excluding hydrogens is 226 g/mol. The highest BCUT2D eigenvalue weighted by Gasteiger charge is 2.14. The normalized spacial score (nSPS) is 19.4. The summed E-state index contributed by atoms with van der Waals surface area (Å²) in [6, 6.07) is 0. The molecular formula is C12H22ClNO2. The van der Waals surface area contributed by atoms with Gasteiger partial charge in [-0.05, 0) is 12.8 Å². The molecule has 3 nitrogen and oxygen atoms in total. The van der Waals surface area contributed by atoms with Crippen LogP contribution in [-0.4, -0.2) is 31.0 Å². The third-order valence-corrected chi connectivity index (χ3v) is 3.45. The number of ether oxygens (including phenoxy) is 1. The first-order valence-corrected chi connectivity index (χ1v) is 6.72. The molecule has 0 aromatic carbocycles. The summed E-state index contributed by atoms with van der Waals surface area (Å²) in [5.41, 5.74) is 0. The molecule has 0 aromatic rings. The highest BCUT2D eigenvalue weighted by atomic mass is 35.5. The van der Waals surface area contributed by atoms with Crippen LogP contribution in [0.2, 0.25) is 0 Å². The molecule has 1 unspecified atom stereocenters. The molecule has 1 aliphatic carbocycles. The van der Waals surface area contributed by atoms with Gasteiger partial charge in [-0.1, -0.05) is 26.2 Å². The van der Waals surface area contributed by atoms with Gasteiger partial charge in [-0.25, -0.2) is 0 Å². The van der Waals surface area contributed by atoms with E-state index in [9.17, 15) is 4.79 Å². The molecule has 0 spiro atoms. The molecule has 1 atom stereocenters. The Morgan fingerprint density at radius 1 is 1.44 bits per heavy atom. The SMILES string of the molecule is CC(CCl)C(=O)NCCOC1CCCCC1. The molecule has 16 heavy (non-hydrogen) atoms. The fourth-order valence-corrected chi connectivity index (χ4v) is 2.02. The zero-order chi connectivity index (χ0) is 11.8. The predicted molar refractivity (Wildman–Crippen MR) is 65.7 cm³/mol. The van der Waals surface area contributed by atoms with Crippen molar-refractivity contribution in [2.24, 2.45) is 5.92 Å². The predicted octanol–water partition coefficient (Wildman–Crippen LogP) is 2.33. The van der Waals surface area contributed by atoms with Gasteiger partial charge in [0.1, 0.15) is 0 Å². The summed E-state index contributed by atoms with van der Waals surface area (Å²) in [4.78, 5) is 11.4. The van der Waals surface area contributed by atoms with Crippen molar-refractivity contribution >= 4 is 17.5 Å². The molecule has 1 saturated carbocycles. The van der Waals surface area contributed by atoms with Crippen molar-refractivity contribution in [3.63, 3.8) is 0 Å². The Balaban J connectivity index is 2.00. The average molecular weight is 248 g/mol. The van der Waals surface area contributed by atoms with E-state index in [-0.39, 0.29) is 11.8 Å². The van der Waals surface area contributed by atoms with Crippen LogP contribution in [0.3, 0.4) is 0 Å². The van der Waals surface area contributed by atoms with Gasteiger partial charge >= 0.3 is 0 Å². The van der Waals surface area contributed by atoms with Crippen molar-refractivity contribution < 1.29 is 9.53 Å². The summed E-state index contributed by atoms with van der Waals surface area (Å²) in [6.45, 7) is 3.03. The highest BCUT2D eigenvalue weighted by Crippen LogP contribution is 2.19. The summed E-state index contributed by atoms with van der Waals surface area (Å²) in [6.07, 6.45) is 6.65. The number of halogens is 1. The maximum Gasteiger partial charge on any atom is 0.224 e. The van der Waals surface area contributed by atoms with E-state index in [1.165, 1.54) is 32.1 Å². The fraction of sp³-hybridized carbons (Fsp3) is 0.917. The van der Waals surface area contributed by atoms with E-state index in [4.69, 9.17) is 16.3 Å². The van der Waals surface area contributed by atoms with Gasteiger partial charge in [0.15, 0.2) is 0 Å². The standard InChI is InChI=1S/C12H22ClNO2/c1-10(9-13)12(15)14-7-8-16-11-5-3-2-4-6-11/h10-11H,2-9H2,1H3,(H,14,15). The second kappa shape index (κ2) is 7.91. The molecule has 1 fully saturated rings. The van der Waals surface area contributed by atoms with Crippen molar-refractivity contribution in [1.29, 1.82) is 0 Å². The number of alkyl halides is 1. The second-order valence-electron chi connectivity index (χ2n) is 4.48. The Bertz CT molecular complexity index is 205. The van der Waals surface area contributed by atoms with Crippen LogP contribution < -0.4 is 5.32 Å². The van der Waals surface area contributed by atoms with Crippen LogP contribution in [0.25, 0.3) is 0 Å². The topological polar surface area (TPSA) is 38.3 Å². The zero-order valence-corrected chi connectivity index (χ0v) is 10.8. The van der Waals surface area contributed by atoms with Gasteiger partial charge in [0.05, 0.1) is 12.7 Å². The summed E-state index contributed by atoms with van der Waals surface area (Å²) in [5.74, 6) is 0.272. The molecule has 0 heterocycles. The third-order valence-electron chi connectivity index (χ3n) is 2.99. The van der Waals surface area contributed by atoms with Crippen LogP contribution in [0.5, 0.6) is 0 Å². The monoisotopic (exact) mass is 247 g/mol. The second-order valence-corrected chi connectivity index (χ2v) is 4.79. The Hall–Kier alpha value is -0.280.